The second-order valence-electron chi connectivity index (χ2n) is 2.33. The van der Waals surface area contributed by atoms with Gasteiger partial charge in [0.2, 0.25) is 0 Å². The summed E-state index contributed by atoms with van der Waals surface area (Å²) in [5.74, 6) is -0.121. The summed E-state index contributed by atoms with van der Waals surface area (Å²) in [4.78, 5) is 26.4. The van der Waals surface area contributed by atoms with Crippen molar-refractivity contribution in [2.45, 2.75) is 0 Å². The molecule has 0 atom stereocenters. The van der Waals surface area contributed by atoms with Crippen molar-refractivity contribution in [1.82, 2.24) is 0 Å². The van der Waals surface area contributed by atoms with Gasteiger partial charge in [0.1, 0.15) is 5.75 Å². The van der Waals surface area contributed by atoms with Gasteiger partial charge in [-0.2, -0.15) is 0 Å². The molecule has 0 unspecified atom stereocenters. The Balaban J connectivity index is 0.00000196. The smallest absolute Gasteiger partial charge is 0.404 e. The van der Waals surface area contributed by atoms with E-state index in [2.05, 4.69) is 4.52 Å². The van der Waals surface area contributed by atoms with Gasteiger partial charge in [0.05, 0.1) is 4.92 Å². The van der Waals surface area contributed by atoms with Crippen molar-refractivity contribution in [3.63, 3.8) is 0 Å². The molecule has 0 bridgehead atoms. The number of benzene rings is 1. The standard InChI is InChI=1S/C6H6NO6P.Ag/c8-7(9)5-1-3-6(4-2-5)13-14(10,11)12;/h1-4H,(H2,10,11,12);. The van der Waals surface area contributed by atoms with Gasteiger partial charge in [0.15, 0.2) is 0 Å². The van der Waals surface area contributed by atoms with Gasteiger partial charge in [-0.05, 0) is 12.1 Å². The van der Waals surface area contributed by atoms with Gasteiger partial charge >= 0.3 is 7.82 Å². The van der Waals surface area contributed by atoms with E-state index in [4.69, 9.17) is 9.79 Å². The van der Waals surface area contributed by atoms with Gasteiger partial charge in [0.25, 0.3) is 5.69 Å². The molecule has 0 aliphatic heterocycles. The zero-order chi connectivity index (χ0) is 10.8. The van der Waals surface area contributed by atoms with Gasteiger partial charge in [0, 0.05) is 34.5 Å². The van der Waals surface area contributed by atoms with E-state index in [1.54, 1.807) is 0 Å². The van der Waals surface area contributed by atoms with E-state index in [9.17, 15) is 14.7 Å². The maximum Gasteiger partial charge on any atom is 0.524 e. The van der Waals surface area contributed by atoms with E-state index in [0.29, 0.717) is 0 Å². The zero-order valence-corrected chi connectivity index (χ0v) is 9.41. The predicted molar refractivity (Wildman–Crippen MR) is 45.8 cm³/mol. The number of rotatable bonds is 3. The van der Waals surface area contributed by atoms with Crippen molar-refractivity contribution in [2.24, 2.45) is 0 Å². The Morgan fingerprint density at radius 1 is 1.27 bits per heavy atom. The second-order valence-corrected chi connectivity index (χ2v) is 3.50. The summed E-state index contributed by atoms with van der Waals surface area (Å²) in [6, 6.07) is 4.39. The topological polar surface area (TPSA) is 110 Å². The van der Waals surface area contributed by atoms with E-state index in [1.807, 2.05) is 0 Å². The molecule has 7 nitrogen and oxygen atoms in total. The molecule has 0 saturated carbocycles. The summed E-state index contributed by atoms with van der Waals surface area (Å²) in [7, 11) is -4.60. The minimum absolute atomic E-state index is 0. The molecule has 87 valence electrons. The summed E-state index contributed by atoms with van der Waals surface area (Å²) in [6.07, 6.45) is 0. The molecule has 1 radical (unpaired) electrons. The molecule has 0 aromatic heterocycles. The maximum atomic E-state index is 10.4. The van der Waals surface area contributed by atoms with Gasteiger partial charge in [-0.25, -0.2) is 4.57 Å². The summed E-state index contributed by atoms with van der Waals surface area (Å²) in [5.41, 5.74) is -0.178. The van der Waals surface area contributed by atoms with Crippen molar-refractivity contribution in [1.29, 1.82) is 0 Å². The molecule has 0 fully saturated rings. The Morgan fingerprint density at radius 2 is 1.73 bits per heavy atom. The molecule has 1 rings (SSSR count). The van der Waals surface area contributed by atoms with Crippen LogP contribution in [0.4, 0.5) is 5.69 Å². The Morgan fingerprint density at radius 3 is 2.07 bits per heavy atom. The first kappa shape index (κ1) is 14.3. The summed E-state index contributed by atoms with van der Waals surface area (Å²) < 4.78 is 14.5. The van der Waals surface area contributed by atoms with E-state index in [-0.39, 0.29) is 33.8 Å². The molecule has 1 aromatic rings. The molecule has 0 aliphatic carbocycles. The number of nitro groups is 1. The van der Waals surface area contributed by atoms with Crippen LogP contribution in [0.15, 0.2) is 24.3 Å². The van der Waals surface area contributed by atoms with Crippen molar-refractivity contribution in [2.75, 3.05) is 0 Å². The van der Waals surface area contributed by atoms with Gasteiger partial charge in [-0.15, -0.1) is 0 Å². The van der Waals surface area contributed by atoms with Gasteiger partial charge < -0.3 is 4.52 Å². The number of hydrogen-bond donors (Lipinski definition) is 2. The Labute approximate surface area is 100.0 Å². The minimum Gasteiger partial charge on any atom is -0.404 e. The normalized spacial score (nSPS) is 10.3. The first-order valence-corrected chi connectivity index (χ1v) is 4.91. The molecule has 9 heteroatoms. The second kappa shape index (κ2) is 5.41. The molecular formula is C6H6AgNO6P. The van der Waals surface area contributed by atoms with E-state index in [0.717, 1.165) is 24.3 Å². The van der Waals surface area contributed by atoms with Crippen LogP contribution in [0.2, 0.25) is 0 Å². The van der Waals surface area contributed by atoms with Crippen LogP contribution in [-0.4, -0.2) is 14.7 Å². The molecule has 1 aromatic carbocycles. The average Bonchev–Trinajstić information content (AvgIpc) is 2.02. The third-order valence-corrected chi connectivity index (χ3v) is 1.72. The van der Waals surface area contributed by atoms with Crippen molar-refractivity contribution >= 4 is 13.5 Å². The van der Waals surface area contributed by atoms with Gasteiger partial charge in [-0.3, -0.25) is 19.9 Å². The Kier molecular flexibility index (Phi) is 5.16. The summed E-state index contributed by atoms with van der Waals surface area (Å²) >= 11 is 0. The summed E-state index contributed by atoms with van der Waals surface area (Å²) in [5, 5.41) is 10.2. The fraction of sp³-hybridized carbons (Fsp3) is 0. The number of hydrogen-bond acceptors (Lipinski definition) is 4. The van der Waals surface area contributed by atoms with Crippen LogP contribution in [0.25, 0.3) is 0 Å². The first-order valence-electron chi connectivity index (χ1n) is 3.38. The number of phosphoric acid groups is 1. The van der Waals surface area contributed by atoms with Crippen LogP contribution in [0.1, 0.15) is 0 Å². The molecular weight excluding hydrogens is 321 g/mol. The fourth-order valence-corrected chi connectivity index (χ4v) is 1.16. The molecule has 0 heterocycles. The maximum absolute atomic E-state index is 10.4. The minimum atomic E-state index is -4.60. The third-order valence-electron chi connectivity index (χ3n) is 1.27. The van der Waals surface area contributed by atoms with Crippen LogP contribution in [0.5, 0.6) is 5.75 Å². The van der Waals surface area contributed by atoms with Crippen LogP contribution in [0, 0.1) is 10.1 Å². The Bertz CT molecular complexity index is 387. The average molecular weight is 327 g/mol. The zero-order valence-electron chi connectivity index (χ0n) is 7.03. The van der Waals surface area contributed by atoms with Gasteiger partial charge in [-0.1, -0.05) is 0 Å². The fourth-order valence-electron chi connectivity index (χ4n) is 0.766. The number of nitrogens with zero attached hydrogens (tertiary/aromatic N) is 1. The van der Waals surface area contributed by atoms with Crippen molar-refractivity contribution in [3.8, 4) is 5.75 Å². The van der Waals surface area contributed by atoms with Crippen LogP contribution < -0.4 is 4.52 Å². The van der Waals surface area contributed by atoms with E-state index >= 15 is 0 Å². The number of phosphoric ester groups is 1. The SMILES string of the molecule is O=[N+]([O-])c1ccc(OP(=O)(O)O)cc1.[Ag]. The van der Waals surface area contributed by atoms with E-state index < -0.39 is 12.7 Å². The van der Waals surface area contributed by atoms with Crippen molar-refractivity contribution in [3.05, 3.63) is 34.4 Å². The Hall–Kier alpha value is -0.690. The third kappa shape index (κ3) is 5.08. The monoisotopic (exact) mass is 326 g/mol. The molecule has 0 aliphatic rings. The van der Waals surface area contributed by atoms with Crippen LogP contribution >= 0.6 is 7.82 Å². The largest absolute Gasteiger partial charge is 0.524 e. The number of non-ortho nitro benzene ring substituents is 1. The van der Waals surface area contributed by atoms with E-state index in [1.165, 1.54) is 0 Å². The summed E-state index contributed by atoms with van der Waals surface area (Å²) in [6.45, 7) is 0. The van der Waals surface area contributed by atoms with Crippen molar-refractivity contribution < 1.29 is 46.2 Å². The quantitative estimate of drug-likeness (QED) is 0.372. The molecule has 2 N–H and O–H groups in total. The first-order chi connectivity index (χ1) is 6.38. The molecule has 0 saturated heterocycles. The molecule has 15 heavy (non-hydrogen) atoms. The van der Waals surface area contributed by atoms with Crippen LogP contribution in [-0.2, 0) is 26.9 Å². The molecule has 0 amide bonds. The predicted octanol–water partition coefficient (Wildman–Crippen LogP) is 1.06. The number of nitro benzene ring substituents is 1. The molecule has 0 spiro atoms. The van der Waals surface area contributed by atoms with Crippen LogP contribution in [0.3, 0.4) is 0 Å².